The molecule has 4 aliphatic rings. The molecule has 21 heteroatoms. The van der Waals surface area contributed by atoms with E-state index < -0.39 is 50.2 Å². The van der Waals surface area contributed by atoms with Crippen LogP contribution in [-0.4, -0.2) is 112 Å². The molecule has 3 aliphatic heterocycles. The number of carbonyl (C=O) groups excluding carboxylic acids is 2. The summed E-state index contributed by atoms with van der Waals surface area (Å²) in [6.07, 6.45) is 2.48. The van der Waals surface area contributed by atoms with E-state index in [1.54, 1.807) is 42.5 Å². The largest absolute Gasteiger partial charge is 0.573 e. The minimum Gasteiger partial charge on any atom is -0.404 e. The Hall–Kier alpha value is -6.71. The lowest BCUT2D eigenvalue weighted by atomic mass is 9.90. The van der Waals surface area contributed by atoms with Crippen LogP contribution in [0.4, 0.5) is 47.6 Å². The van der Waals surface area contributed by atoms with Gasteiger partial charge in [0.2, 0.25) is 5.91 Å². The first-order chi connectivity index (χ1) is 34.5. The second-order valence-electron chi connectivity index (χ2n) is 20.4. The molecule has 0 saturated carbocycles. The van der Waals surface area contributed by atoms with Crippen LogP contribution in [0.1, 0.15) is 74.8 Å². The van der Waals surface area contributed by atoms with Crippen molar-refractivity contribution in [2.24, 2.45) is 12.5 Å². The van der Waals surface area contributed by atoms with Gasteiger partial charge < -0.3 is 39.4 Å². The first kappa shape index (κ1) is 51.2. The Bertz CT molecular complexity index is 3160. The summed E-state index contributed by atoms with van der Waals surface area (Å²) in [6.45, 7) is 16.6. The van der Waals surface area contributed by atoms with Gasteiger partial charge in [0.25, 0.3) is 11.5 Å². The highest BCUT2D eigenvalue weighted by atomic mass is 32.2. The van der Waals surface area contributed by atoms with Crippen molar-refractivity contribution in [3.63, 3.8) is 0 Å². The molecule has 17 nitrogen and oxygen atoms in total. The molecule has 5 aromatic rings. The molecule has 0 bridgehead atoms. The summed E-state index contributed by atoms with van der Waals surface area (Å²) in [5, 5.41) is 16.0. The number of ether oxygens (including phenoxy) is 1. The standard InChI is InChI=1S/C52H61F3N10O7S/c1-8-46(67)58-39-24-34(9-11-41(39)63-20-19-62(28-32(63)4)35-14-17-61(18-15-35)36-10-12-45(73(70,71)31(2)3)44(25-36)72-52(53,54)55)57-47-50(69)60(7)29-40(59-47)37-13-16-56-48(38(37)30-66)65-22-21-64-42(49(65)68)23-33-26-51(5,6)27-43(33)64/h8-13,16,23-25,29,31-32,35,66H,1,14-15,17-22,26-28,30H2,2-7H3,(H,57,59)(H,58,67). The molecular weight excluding hydrogens is 966 g/mol. The number of aliphatic hydroxyl groups excluding tert-OH is 1. The number of nitrogens with one attached hydrogen (secondary N) is 2. The van der Waals surface area contributed by atoms with Crippen LogP contribution in [0.3, 0.4) is 0 Å². The highest BCUT2D eigenvalue weighted by molar-refractivity contribution is 7.92. The number of aromatic nitrogens is 4. The van der Waals surface area contributed by atoms with Gasteiger partial charge in [-0.2, -0.15) is 0 Å². The third kappa shape index (κ3) is 10.2. The normalized spacial score (nSPS) is 18.5. The van der Waals surface area contributed by atoms with E-state index in [1.165, 1.54) is 47.9 Å². The summed E-state index contributed by atoms with van der Waals surface area (Å²) in [4.78, 5) is 57.6. The van der Waals surface area contributed by atoms with E-state index in [9.17, 15) is 41.1 Å². The molecule has 3 aromatic heterocycles. The van der Waals surface area contributed by atoms with Gasteiger partial charge >= 0.3 is 6.36 Å². The van der Waals surface area contributed by atoms with E-state index in [-0.39, 0.29) is 29.2 Å². The minimum atomic E-state index is -5.07. The molecule has 1 unspecified atom stereocenters. The Morgan fingerprint density at radius 1 is 1.01 bits per heavy atom. The molecule has 0 spiro atoms. The van der Waals surface area contributed by atoms with Gasteiger partial charge in [-0.05, 0) is 106 Å². The number of pyridine rings is 1. The zero-order valence-electron chi connectivity index (χ0n) is 41.8. The zero-order valence-corrected chi connectivity index (χ0v) is 42.6. The number of rotatable bonds is 13. The number of sulfone groups is 1. The van der Waals surface area contributed by atoms with E-state index in [2.05, 4.69) is 62.1 Å². The van der Waals surface area contributed by atoms with Gasteiger partial charge in [-0.1, -0.05) is 20.4 Å². The van der Waals surface area contributed by atoms with Crippen LogP contribution in [-0.2, 0) is 47.7 Å². The predicted molar refractivity (Wildman–Crippen MR) is 274 cm³/mol. The number of carbonyl (C=O) groups is 2. The molecule has 6 heterocycles. The molecule has 1 aliphatic carbocycles. The molecule has 9 rings (SSSR count). The molecule has 1 atom stereocenters. The van der Waals surface area contributed by atoms with Crippen molar-refractivity contribution in [2.45, 2.75) is 102 Å². The van der Waals surface area contributed by atoms with E-state index in [4.69, 9.17) is 4.98 Å². The number of hydrogen-bond acceptors (Lipinski definition) is 13. The number of anilines is 6. The number of alkyl halides is 3. The number of fused-ring (bicyclic) bond motifs is 3. The molecule has 2 fully saturated rings. The molecular formula is C52H61F3N10O7S. The van der Waals surface area contributed by atoms with E-state index in [1.807, 2.05) is 17.0 Å². The van der Waals surface area contributed by atoms with Crippen molar-refractivity contribution < 1.29 is 41.0 Å². The van der Waals surface area contributed by atoms with Crippen molar-refractivity contribution in [1.82, 2.24) is 24.0 Å². The number of piperazine rings is 1. The molecule has 0 radical (unpaired) electrons. The Labute approximate surface area is 422 Å². The van der Waals surface area contributed by atoms with Crippen LogP contribution >= 0.6 is 0 Å². The first-order valence-corrected chi connectivity index (χ1v) is 26.0. The minimum absolute atomic E-state index is 0.0143. The van der Waals surface area contributed by atoms with E-state index >= 15 is 0 Å². The number of halogens is 3. The predicted octanol–water partition coefficient (Wildman–Crippen LogP) is 7.05. The van der Waals surface area contributed by atoms with Gasteiger partial charge in [0.1, 0.15) is 22.2 Å². The maximum atomic E-state index is 14.1. The van der Waals surface area contributed by atoms with Gasteiger partial charge in [0.15, 0.2) is 15.7 Å². The third-order valence-corrected chi connectivity index (χ3v) is 16.7. The van der Waals surface area contributed by atoms with E-state index in [0.717, 1.165) is 37.4 Å². The molecule has 2 amide bonds. The summed E-state index contributed by atoms with van der Waals surface area (Å²) in [5.74, 6) is -1.06. The lowest BCUT2D eigenvalue weighted by Gasteiger charge is -2.47. The number of hydrogen-bond donors (Lipinski definition) is 3. The molecule has 2 aromatic carbocycles. The molecule has 73 heavy (non-hydrogen) atoms. The Kier molecular flexibility index (Phi) is 13.8. The number of amides is 2. The van der Waals surface area contributed by atoms with Crippen LogP contribution in [0.15, 0.2) is 83.3 Å². The maximum absolute atomic E-state index is 14.1. The summed E-state index contributed by atoms with van der Waals surface area (Å²) in [7, 11) is -2.45. The monoisotopic (exact) mass is 1030 g/mol. The molecule has 2 saturated heterocycles. The van der Waals surface area contributed by atoms with Crippen LogP contribution < -0.4 is 35.6 Å². The van der Waals surface area contributed by atoms with Crippen molar-refractivity contribution >= 4 is 56.0 Å². The maximum Gasteiger partial charge on any atom is 0.573 e. The van der Waals surface area contributed by atoms with Gasteiger partial charge in [-0.25, -0.2) is 18.4 Å². The van der Waals surface area contributed by atoms with Gasteiger partial charge in [-0.15, -0.1) is 13.2 Å². The second-order valence-corrected chi connectivity index (χ2v) is 22.9. The topological polar surface area (TPSA) is 187 Å². The molecule has 388 valence electrons. The third-order valence-electron chi connectivity index (χ3n) is 14.5. The van der Waals surface area contributed by atoms with Crippen LogP contribution in [0.5, 0.6) is 5.75 Å². The number of piperidine rings is 1. The van der Waals surface area contributed by atoms with Crippen molar-refractivity contribution in [3.05, 3.63) is 106 Å². The van der Waals surface area contributed by atoms with Crippen LogP contribution in [0, 0.1) is 5.41 Å². The highest BCUT2D eigenvalue weighted by Crippen LogP contribution is 2.41. The van der Waals surface area contributed by atoms with Crippen molar-refractivity contribution in [1.29, 1.82) is 0 Å². The Morgan fingerprint density at radius 3 is 2.45 bits per heavy atom. The zero-order chi connectivity index (χ0) is 52.3. The van der Waals surface area contributed by atoms with E-state index in [0.29, 0.717) is 91.2 Å². The Balaban J connectivity index is 0.900. The average Bonchev–Trinajstić information content (AvgIpc) is 3.84. The quantitative estimate of drug-likeness (QED) is 0.102. The number of aliphatic hydroxyl groups is 1. The summed E-state index contributed by atoms with van der Waals surface area (Å²) < 4.78 is 73.8. The fourth-order valence-electron chi connectivity index (χ4n) is 10.9. The lowest BCUT2D eigenvalue weighted by Crippen LogP contribution is -2.57. The first-order valence-electron chi connectivity index (χ1n) is 24.5. The fraction of sp³-hybridized carbons (Fsp3) is 0.442. The van der Waals surface area contributed by atoms with Gasteiger partial charge in [0.05, 0.1) is 28.9 Å². The lowest BCUT2D eigenvalue weighted by molar-refractivity contribution is -0.275. The number of aryl methyl sites for hydroxylation is 1. The summed E-state index contributed by atoms with van der Waals surface area (Å²) in [6, 6.07) is 13.1. The van der Waals surface area contributed by atoms with Gasteiger partial charge in [-0.3, -0.25) is 24.2 Å². The van der Waals surface area contributed by atoms with Crippen LogP contribution in [0.2, 0.25) is 0 Å². The molecule has 3 N–H and O–H groups in total. The highest BCUT2D eigenvalue weighted by Gasteiger charge is 2.39. The Morgan fingerprint density at radius 2 is 1.77 bits per heavy atom. The van der Waals surface area contributed by atoms with Crippen LogP contribution in [0.25, 0.3) is 11.3 Å². The average molecular weight is 1030 g/mol. The second kappa shape index (κ2) is 19.6. The summed E-state index contributed by atoms with van der Waals surface area (Å²) in [5.41, 5.74) is 6.09. The number of nitrogens with zero attached hydrogens (tertiary/aromatic N) is 8. The van der Waals surface area contributed by atoms with Crippen molar-refractivity contribution in [3.8, 4) is 17.0 Å². The summed E-state index contributed by atoms with van der Waals surface area (Å²) >= 11 is 0. The number of benzene rings is 2. The fourth-order valence-corrected chi connectivity index (χ4v) is 12.0. The van der Waals surface area contributed by atoms with Gasteiger partial charge in [0, 0.05) is 112 Å². The van der Waals surface area contributed by atoms with Crippen molar-refractivity contribution in [2.75, 3.05) is 64.6 Å². The SMILES string of the molecule is C=CC(=O)Nc1cc(Nc2nc(-c3ccnc(N4CCn5c(cc6c5CC(C)(C)C6)C4=O)c3CO)cn(C)c2=O)ccc1N1CCN(C2CCN(c3ccc(S(=O)(=O)C(C)C)c(OC(F)(F)F)c3)CC2)CC1C. The smallest absolute Gasteiger partial charge is 0.404 e.